The van der Waals surface area contributed by atoms with Crippen molar-refractivity contribution in [2.75, 3.05) is 25.1 Å². The number of hydrogen-bond donors (Lipinski definition) is 1. The number of aromatic nitrogens is 2. The Hall–Kier alpha value is -2.83. The molecule has 0 spiro atoms. The first kappa shape index (κ1) is 19.5. The molecule has 1 unspecified atom stereocenters. The molecule has 7 nitrogen and oxygen atoms in total. The van der Waals surface area contributed by atoms with Gasteiger partial charge in [-0.2, -0.15) is 4.68 Å². The number of piperidine rings is 1. The van der Waals surface area contributed by atoms with Crippen LogP contribution in [0.4, 0.5) is 5.82 Å². The molecule has 4 rings (SSSR count). The molecule has 2 aliphatic rings. The van der Waals surface area contributed by atoms with Crippen molar-refractivity contribution in [3.8, 4) is 11.4 Å². The van der Waals surface area contributed by atoms with E-state index in [1.165, 1.54) is 23.6 Å². The van der Waals surface area contributed by atoms with Gasteiger partial charge in [-0.05, 0) is 56.0 Å². The van der Waals surface area contributed by atoms with Gasteiger partial charge in [0.1, 0.15) is 11.6 Å². The lowest BCUT2D eigenvalue weighted by atomic mass is 9.96. The molecular weight excluding hydrogens is 368 g/mol. The second kappa shape index (κ2) is 8.68. The minimum absolute atomic E-state index is 0.0347. The Balaban J connectivity index is 1.49. The van der Waals surface area contributed by atoms with Gasteiger partial charge in [0.25, 0.3) is 5.56 Å². The Morgan fingerprint density at radius 2 is 1.83 bits per heavy atom. The molecule has 1 aromatic carbocycles. The maximum Gasteiger partial charge on any atom is 0.271 e. The Labute approximate surface area is 170 Å². The predicted octanol–water partition coefficient (Wildman–Crippen LogP) is 2.52. The van der Waals surface area contributed by atoms with E-state index in [0.717, 1.165) is 43.8 Å². The summed E-state index contributed by atoms with van der Waals surface area (Å²) in [5.41, 5.74) is 0.497. The largest absolute Gasteiger partial charge is 0.497 e. The van der Waals surface area contributed by atoms with Gasteiger partial charge in [0.05, 0.1) is 18.7 Å². The van der Waals surface area contributed by atoms with E-state index in [1.807, 2.05) is 12.1 Å². The average molecular weight is 396 g/mol. The van der Waals surface area contributed by atoms with E-state index >= 15 is 0 Å². The molecule has 29 heavy (non-hydrogen) atoms. The number of carbonyl (C=O) groups excluding carboxylic acids is 1. The van der Waals surface area contributed by atoms with Crippen molar-refractivity contribution in [1.82, 2.24) is 15.1 Å². The quantitative estimate of drug-likeness (QED) is 0.840. The molecule has 1 N–H and O–H groups in total. The van der Waals surface area contributed by atoms with Gasteiger partial charge >= 0.3 is 0 Å². The van der Waals surface area contributed by atoms with E-state index in [4.69, 9.17) is 4.74 Å². The maximum atomic E-state index is 12.7. The van der Waals surface area contributed by atoms with Crippen LogP contribution >= 0.6 is 0 Å². The van der Waals surface area contributed by atoms with Crippen LogP contribution in [-0.2, 0) is 4.79 Å². The molecule has 1 amide bonds. The number of anilines is 1. The third-order valence-electron chi connectivity index (χ3n) is 5.92. The van der Waals surface area contributed by atoms with Crippen molar-refractivity contribution in [2.45, 2.75) is 44.6 Å². The summed E-state index contributed by atoms with van der Waals surface area (Å²) in [6, 6.07) is 10.9. The van der Waals surface area contributed by atoms with Crippen LogP contribution in [0.15, 0.2) is 41.2 Å². The first-order valence-electron chi connectivity index (χ1n) is 10.4. The van der Waals surface area contributed by atoms with Gasteiger partial charge in [0.2, 0.25) is 5.91 Å². The lowest BCUT2D eigenvalue weighted by molar-refractivity contribution is -0.125. The van der Waals surface area contributed by atoms with Gasteiger partial charge in [-0.15, -0.1) is 5.10 Å². The van der Waals surface area contributed by atoms with Gasteiger partial charge in [0.15, 0.2) is 0 Å². The highest BCUT2D eigenvalue weighted by Gasteiger charge is 2.29. The molecule has 1 saturated heterocycles. The fourth-order valence-corrected chi connectivity index (χ4v) is 4.27. The highest BCUT2D eigenvalue weighted by molar-refractivity contribution is 5.79. The topological polar surface area (TPSA) is 76.5 Å². The Kier molecular flexibility index (Phi) is 5.83. The zero-order valence-electron chi connectivity index (χ0n) is 16.8. The van der Waals surface area contributed by atoms with Crippen LogP contribution in [0.3, 0.4) is 0 Å². The first-order chi connectivity index (χ1) is 14.1. The maximum absolute atomic E-state index is 12.7. The number of hydrogen-bond acceptors (Lipinski definition) is 5. The molecule has 2 fully saturated rings. The smallest absolute Gasteiger partial charge is 0.271 e. The first-order valence-corrected chi connectivity index (χ1v) is 10.4. The summed E-state index contributed by atoms with van der Waals surface area (Å²) in [5.74, 6) is 1.57. The van der Waals surface area contributed by atoms with Crippen molar-refractivity contribution in [1.29, 1.82) is 0 Å². The third kappa shape index (κ3) is 4.44. The summed E-state index contributed by atoms with van der Waals surface area (Å²) >= 11 is 0. The number of benzene rings is 1. The van der Waals surface area contributed by atoms with Crippen molar-refractivity contribution in [3.63, 3.8) is 0 Å². The second-order valence-electron chi connectivity index (χ2n) is 7.91. The van der Waals surface area contributed by atoms with Crippen molar-refractivity contribution in [3.05, 3.63) is 46.8 Å². The molecule has 1 atom stereocenters. The Morgan fingerprint density at radius 1 is 1.07 bits per heavy atom. The van der Waals surface area contributed by atoms with Crippen molar-refractivity contribution >= 4 is 11.7 Å². The summed E-state index contributed by atoms with van der Waals surface area (Å²) in [6.07, 6.45) is 6.43. The lowest BCUT2D eigenvalue weighted by Crippen LogP contribution is -2.46. The zero-order chi connectivity index (χ0) is 20.2. The molecule has 1 aliphatic heterocycles. The van der Waals surface area contributed by atoms with Crippen LogP contribution in [0.5, 0.6) is 5.75 Å². The minimum atomic E-state index is -0.188. The number of ether oxygens (including phenoxy) is 1. The molecule has 1 saturated carbocycles. The monoisotopic (exact) mass is 396 g/mol. The number of methoxy groups -OCH3 is 1. The summed E-state index contributed by atoms with van der Waals surface area (Å²) in [7, 11) is 1.61. The molecule has 154 valence electrons. The molecule has 1 aromatic heterocycles. The summed E-state index contributed by atoms with van der Waals surface area (Å²) in [6.45, 7) is 1.47. The summed E-state index contributed by atoms with van der Waals surface area (Å²) in [4.78, 5) is 27.2. The molecule has 0 radical (unpaired) electrons. The third-order valence-corrected chi connectivity index (χ3v) is 5.92. The molecule has 1 aliphatic carbocycles. The Morgan fingerprint density at radius 3 is 2.55 bits per heavy atom. The molecule has 2 heterocycles. The molecule has 0 bridgehead atoms. The Bertz CT molecular complexity index is 903. The normalized spacial score (nSPS) is 19.9. The van der Waals surface area contributed by atoms with Gasteiger partial charge < -0.3 is 15.0 Å². The number of rotatable bonds is 5. The van der Waals surface area contributed by atoms with E-state index in [1.54, 1.807) is 25.3 Å². The van der Waals surface area contributed by atoms with Gasteiger partial charge in [0, 0.05) is 25.2 Å². The van der Waals surface area contributed by atoms with Crippen LogP contribution in [0.1, 0.15) is 38.5 Å². The number of amides is 1. The van der Waals surface area contributed by atoms with E-state index in [0.29, 0.717) is 18.3 Å². The van der Waals surface area contributed by atoms with E-state index in [2.05, 4.69) is 15.3 Å². The number of nitrogens with zero attached hydrogens (tertiary/aromatic N) is 3. The fraction of sp³-hybridized carbons (Fsp3) is 0.500. The van der Waals surface area contributed by atoms with E-state index in [9.17, 15) is 9.59 Å². The number of carbonyl (C=O) groups is 1. The highest BCUT2D eigenvalue weighted by atomic mass is 16.5. The fourth-order valence-electron chi connectivity index (χ4n) is 4.27. The predicted molar refractivity (Wildman–Crippen MR) is 112 cm³/mol. The SMILES string of the molecule is COc1ccc(-n2nc(N3CCCC(C(=O)NC4CCCC4)C3)ccc2=O)cc1. The van der Waals surface area contributed by atoms with Crippen LogP contribution in [0, 0.1) is 5.92 Å². The number of nitrogens with one attached hydrogen (secondary N) is 1. The van der Waals surface area contributed by atoms with Crippen LogP contribution < -0.4 is 20.5 Å². The lowest BCUT2D eigenvalue weighted by Gasteiger charge is -2.33. The van der Waals surface area contributed by atoms with E-state index in [-0.39, 0.29) is 17.4 Å². The van der Waals surface area contributed by atoms with Crippen LogP contribution in [0.25, 0.3) is 5.69 Å². The minimum Gasteiger partial charge on any atom is -0.497 e. The van der Waals surface area contributed by atoms with Crippen molar-refractivity contribution in [2.24, 2.45) is 5.92 Å². The molecule has 7 heteroatoms. The van der Waals surface area contributed by atoms with E-state index < -0.39 is 0 Å². The standard InChI is InChI=1S/C22H28N4O3/c1-29-19-10-8-18(9-11-19)26-21(27)13-12-20(24-26)25-14-4-5-16(15-25)22(28)23-17-6-2-3-7-17/h8-13,16-17H,2-7,14-15H2,1H3,(H,23,28). The zero-order valence-corrected chi connectivity index (χ0v) is 16.8. The van der Waals surface area contributed by atoms with Gasteiger partial charge in [-0.3, -0.25) is 9.59 Å². The van der Waals surface area contributed by atoms with Crippen LogP contribution in [0.2, 0.25) is 0 Å². The summed E-state index contributed by atoms with van der Waals surface area (Å²) in [5, 5.41) is 7.80. The van der Waals surface area contributed by atoms with Crippen molar-refractivity contribution < 1.29 is 9.53 Å². The van der Waals surface area contributed by atoms with Gasteiger partial charge in [-0.25, -0.2) is 0 Å². The highest BCUT2D eigenvalue weighted by Crippen LogP contribution is 2.23. The summed E-state index contributed by atoms with van der Waals surface area (Å²) < 4.78 is 6.58. The van der Waals surface area contributed by atoms with Gasteiger partial charge in [-0.1, -0.05) is 12.8 Å². The molecular formula is C22H28N4O3. The average Bonchev–Trinajstić information content (AvgIpc) is 3.27. The second-order valence-corrected chi connectivity index (χ2v) is 7.91. The molecule has 2 aromatic rings. The van der Waals surface area contributed by atoms with Crippen LogP contribution in [-0.4, -0.2) is 41.9 Å².